The first kappa shape index (κ1) is 14.6. The van der Waals surface area contributed by atoms with E-state index in [1.54, 1.807) is 18.4 Å². The minimum atomic E-state index is 0.0351. The fourth-order valence-electron chi connectivity index (χ4n) is 3.58. The lowest BCUT2D eigenvalue weighted by molar-refractivity contribution is 0.0669. The summed E-state index contributed by atoms with van der Waals surface area (Å²) in [5.41, 5.74) is 0. The van der Waals surface area contributed by atoms with E-state index in [1.165, 1.54) is 38.5 Å². The highest BCUT2D eigenvalue weighted by Crippen LogP contribution is 2.20. The largest absolute Gasteiger partial charge is 0.459 e. The van der Waals surface area contributed by atoms with Crippen LogP contribution in [0.2, 0.25) is 0 Å². The molecule has 1 aromatic rings. The standard InChI is InChI=1S/C17H26N2O2/c20-17(16-8-5-13-21-16)19-11-9-15(10-12-19)18-14-6-3-1-2-4-7-14/h5,8,13-15,18H,1-4,6-7,9-12H2. The van der Waals surface area contributed by atoms with Gasteiger partial charge in [0.05, 0.1) is 6.26 Å². The molecule has 4 nitrogen and oxygen atoms in total. The Morgan fingerprint density at radius 3 is 2.33 bits per heavy atom. The first-order valence-corrected chi connectivity index (χ1v) is 8.42. The van der Waals surface area contributed by atoms with Crippen molar-refractivity contribution < 1.29 is 9.21 Å². The molecule has 0 unspecified atom stereocenters. The Labute approximate surface area is 126 Å². The zero-order chi connectivity index (χ0) is 14.5. The smallest absolute Gasteiger partial charge is 0.289 e. The van der Waals surface area contributed by atoms with Gasteiger partial charge in [-0.3, -0.25) is 4.79 Å². The molecule has 2 fully saturated rings. The molecule has 1 saturated carbocycles. The second-order valence-corrected chi connectivity index (χ2v) is 6.40. The van der Waals surface area contributed by atoms with Crippen molar-refractivity contribution in [1.29, 1.82) is 0 Å². The van der Waals surface area contributed by atoms with E-state index in [9.17, 15) is 4.79 Å². The Balaban J connectivity index is 1.45. The van der Waals surface area contributed by atoms with Gasteiger partial charge >= 0.3 is 0 Å². The lowest BCUT2D eigenvalue weighted by Crippen LogP contribution is -2.47. The average molecular weight is 290 g/mol. The summed E-state index contributed by atoms with van der Waals surface area (Å²) < 4.78 is 5.20. The lowest BCUT2D eigenvalue weighted by Gasteiger charge is -2.34. The normalized spacial score (nSPS) is 22.2. The number of carbonyl (C=O) groups is 1. The Morgan fingerprint density at radius 2 is 1.71 bits per heavy atom. The summed E-state index contributed by atoms with van der Waals surface area (Å²) >= 11 is 0. The average Bonchev–Trinajstić information content (AvgIpc) is 2.93. The molecule has 1 saturated heterocycles. The minimum Gasteiger partial charge on any atom is -0.459 e. The maximum absolute atomic E-state index is 12.2. The minimum absolute atomic E-state index is 0.0351. The van der Waals surface area contributed by atoms with Crippen LogP contribution >= 0.6 is 0 Å². The summed E-state index contributed by atoms with van der Waals surface area (Å²) in [6.45, 7) is 1.67. The molecular weight excluding hydrogens is 264 g/mol. The summed E-state index contributed by atoms with van der Waals surface area (Å²) in [6, 6.07) is 4.80. The van der Waals surface area contributed by atoms with Crippen LogP contribution in [0, 0.1) is 0 Å². The van der Waals surface area contributed by atoms with Gasteiger partial charge < -0.3 is 14.6 Å². The molecule has 116 valence electrons. The number of hydrogen-bond donors (Lipinski definition) is 1. The van der Waals surface area contributed by atoms with Crippen molar-refractivity contribution in [3.63, 3.8) is 0 Å². The van der Waals surface area contributed by atoms with E-state index in [-0.39, 0.29) is 5.91 Å². The number of likely N-dealkylation sites (tertiary alicyclic amines) is 1. The van der Waals surface area contributed by atoms with Crippen LogP contribution in [0.15, 0.2) is 22.8 Å². The summed E-state index contributed by atoms with van der Waals surface area (Å²) in [7, 11) is 0. The Hall–Kier alpha value is -1.29. The van der Waals surface area contributed by atoms with Crippen molar-refractivity contribution >= 4 is 5.91 Å². The third-order valence-corrected chi connectivity index (χ3v) is 4.84. The van der Waals surface area contributed by atoms with Crippen LogP contribution in [0.25, 0.3) is 0 Å². The van der Waals surface area contributed by atoms with Gasteiger partial charge in [-0.25, -0.2) is 0 Å². The first-order chi connectivity index (χ1) is 10.3. The summed E-state index contributed by atoms with van der Waals surface area (Å²) in [6.07, 6.45) is 11.9. The molecule has 2 aliphatic rings. The SMILES string of the molecule is O=C(c1ccco1)N1CCC(NC2CCCCCC2)CC1. The Bertz CT molecular complexity index is 428. The highest BCUT2D eigenvalue weighted by atomic mass is 16.3. The van der Waals surface area contributed by atoms with Gasteiger partial charge in [-0.05, 0) is 37.8 Å². The second-order valence-electron chi connectivity index (χ2n) is 6.40. The number of piperidine rings is 1. The zero-order valence-corrected chi connectivity index (χ0v) is 12.7. The van der Waals surface area contributed by atoms with E-state index in [4.69, 9.17) is 4.42 Å². The van der Waals surface area contributed by atoms with Crippen LogP contribution in [0.1, 0.15) is 61.9 Å². The number of nitrogens with zero attached hydrogens (tertiary/aromatic N) is 1. The molecule has 1 N–H and O–H groups in total. The monoisotopic (exact) mass is 290 g/mol. The molecule has 1 aromatic heterocycles. The molecule has 1 amide bonds. The van der Waals surface area contributed by atoms with E-state index in [0.717, 1.165) is 25.9 Å². The first-order valence-electron chi connectivity index (χ1n) is 8.42. The molecule has 0 atom stereocenters. The molecule has 21 heavy (non-hydrogen) atoms. The third-order valence-electron chi connectivity index (χ3n) is 4.84. The quantitative estimate of drug-likeness (QED) is 0.870. The van der Waals surface area contributed by atoms with Gasteiger partial charge in [-0.2, -0.15) is 0 Å². The van der Waals surface area contributed by atoms with E-state index in [1.807, 2.05) is 4.90 Å². The number of rotatable bonds is 3. The molecule has 0 spiro atoms. The van der Waals surface area contributed by atoms with Gasteiger partial charge in [0.2, 0.25) is 0 Å². The number of nitrogens with one attached hydrogen (secondary N) is 1. The number of carbonyl (C=O) groups excluding carboxylic acids is 1. The van der Waals surface area contributed by atoms with E-state index in [2.05, 4.69) is 5.32 Å². The van der Waals surface area contributed by atoms with Crippen molar-refractivity contribution in [3.05, 3.63) is 24.2 Å². The molecule has 1 aliphatic carbocycles. The van der Waals surface area contributed by atoms with Crippen LogP contribution in [0.3, 0.4) is 0 Å². The highest BCUT2D eigenvalue weighted by molar-refractivity contribution is 5.91. The lowest BCUT2D eigenvalue weighted by atomic mass is 10.0. The molecule has 2 heterocycles. The van der Waals surface area contributed by atoms with Crippen molar-refractivity contribution in [1.82, 2.24) is 10.2 Å². The Morgan fingerprint density at radius 1 is 1.05 bits per heavy atom. The fourth-order valence-corrected chi connectivity index (χ4v) is 3.58. The van der Waals surface area contributed by atoms with Crippen LogP contribution in [-0.2, 0) is 0 Å². The van der Waals surface area contributed by atoms with Crippen LogP contribution in [0.4, 0.5) is 0 Å². The second kappa shape index (κ2) is 7.12. The fraction of sp³-hybridized carbons (Fsp3) is 0.706. The Kier molecular flexibility index (Phi) is 4.96. The van der Waals surface area contributed by atoms with Crippen LogP contribution in [0.5, 0.6) is 0 Å². The molecule has 1 aliphatic heterocycles. The van der Waals surface area contributed by atoms with E-state index >= 15 is 0 Å². The van der Waals surface area contributed by atoms with Gasteiger partial charge in [0.25, 0.3) is 5.91 Å². The zero-order valence-electron chi connectivity index (χ0n) is 12.7. The summed E-state index contributed by atoms with van der Waals surface area (Å²) in [4.78, 5) is 14.1. The van der Waals surface area contributed by atoms with Gasteiger partial charge in [0, 0.05) is 25.2 Å². The number of amides is 1. The maximum atomic E-state index is 12.2. The topological polar surface area (TPSA) is 45.5 Å². The molecule has 0 aromatic carbocycles. The van der Waals surface area contributed by atoms with Gasteiger partial charge in [0.1, 0.15) is 0 Å². The third kappa shape index (κ3) is 3.88. The molecule has 3 rings (SSSR count). The van der Waals surface area contributed by atoms with Crippen molar-refractivity contribution in [2.75, 3.05) is 13.1 Å². The van der Waals surface area contributed by atoms with E-state index in [0.29, 0.717) is 17.8 Å². The van der Waals surface area contributed by atoms with Crippen molar-refractivity contribution in [2.24, 2.45) is 0 Å². The summed E-state index contributed by atoms with van der Waals surface area (Å²) in [5.74, 6) is 0.498. The maximum Gasteiger partial charge on any atom is 0.289 e. The molecule has 4 heteroatoms. The predicted molar refractivity (Wildman–Crippen MR) is 82.3 cm³/mol. The predicted octanol–water partition coefficient (Wildman–Crippen LogP) is 3.20. The van der Waals surface area contributed by atoms with Gasteiger partial charge in [-0.15, -0.1) is 0 Å². The molecule has 0 bridgehead atoms. The van der Waals surface area contributed by atoms with Crippen LogP contribution in [-0.4, -0.2) is 36.0 Å². The van der Waals surface area contributed by atoms with E-state index < -0.39 is 0 Å². The van der Waals surface area contributed by atoms with Crippen molar-refractivity contribution in [3.8, 4) is 0 Å². The van der Waals surface area contributed by atoms with Gasteiger partial charge in [0.15, 0.2) is 5.76 Å². The highest BCUT2D eigenvalue weighted by Gasteiger charge is 2.26. The number of furan rings is 1. The van der Waals surface area contributed by atoms with Crippen molar-refractivity contribution in [2.45, 2.75) is 63.5 Å². The van der Waals surface area contributed by atoms with Crippen LogP contribution < -0.4 is 5.32 Å². The number of hydrogen-bond acceptors (Lipinski definition) is 3. The molecule has 0 radical (unpaired) electrons. The summed E-state index contributed by atoms with van der Waals surface area (Å²) in [5, 5.41) is 3.83. The molecular formula is C17H26N2O2. The van der Waals surface area contributed by atoms with Gasteiger partial charge in [-0.1, -0.05) is 25.7 Å².